The molecule has 0 radical (unpaired) electrons. The summed E-state index contributed by atoms with van der Waals surface area (Å²) < 4.78 is 29.7. The molecule has 0 bridgehead atoms. The molecule has 1 aliphatic heterocycles. The van der Waals surface area contributed by atoms with Gasteiger partial charge in [-0.3, -0.25) is 4.31 Å². The summed E-state index contributed by atoms with van der Waals surface area (Å²) in [6.07, 6.45) is 6.31. The number of anilines is 1. The van der Waals surface area contributed by atoms with Crippen LogP contribution in [0.4, 0.5) is 5.69 Å². The van der Waals surface area contributed by atoms with Gasteiger partial charge in [-0.1, -0.05) is 68.7 Å². The molecule has 1 aliphatic carbocycles. The molecule has 2 aromatic carbocycles. The third-order valence-electron chi connectivity index (χ3n) is 6.70. The molecule has 1 saturated carbocycles. The van der Waals surface area contributed by atoms with Crippen molar-refractivity contribution in [3.8, 4) is 0 Å². The molecule has 0 saturated heterocycles. The number of sulfonamides is 1. The first-order valence-corrected chi connectivity index (χ1v) is 12.1. The molecular formula is C24H31NO2S. The Morgan fingerprint density at radius 3 is 2.29 bits per heavy atom. The number of aryl methyl sites for hydroxylation is 2. The van der Waals surface area contributed by atoms with Crippen LogP contribution in [0.15, 0.2) is 42.5 Å². The minimum atomic E-state index is -3.49. The summed E-state index contributed by atoms with van der Waals surface area (Å²) in [5, 5.41) is 0. The van der Waals surface area contributed by atoms with Crippen molar-refractivity contribution in [3.63, 3.8) is 0 Å². The Bertz CT molecular complexity index is 960. The highest BCUT2D eigenvalue weighted by Gasteiger charge is 2.49. The molecule has 1 fully saturated rings. The summed E-state index contributed by atoms with van der Waals surface area (Å²) in [4.78, 5) is 0. The Hall–Kier alpha value is -1.81. The molecule has 1 spiro atoms. The van der Waals surface area contributed by atoms with Crippen LogP contribution in [-0.4, -0.2) is 14.0 Å². The Morgan fingerprint density at radius 1 is 0.964 bits per heavy atom. The summed E-state index contributed by atoms with van der Waals surface area (Å²) >= 11 is 0. The van der Waals surface area contributed by atoms with Crippen LogP contribution < -0.4 is 4.31 Å². The van der Waals surface area contributed by atoms with Crippen molar-refractivity contribution in [1.82, 2.24) is 0 Å². The van der Waals surface area contributed by atoms with Gasteiger partial charge in [-0.05, 0) is 61.3 Å². The number of nitrogens with zero attached hydrogens (tertiary/aromatic N) is 1. The van der Waals surface area contributed by atoms with Gasteiger partial charge in [0.15, 0.2) is 0 Å². The number of hydrogen-bond donors (Lipinski definition) is 0. The van der Waals surface area contributed by atoms with Crippen molar-refractivity contribution in [1.29, 1.82) is 0 Å². The Kier molecular flexibility index (Phi) is 5.03. The van der Waals surface area contributed by atoms with Crippen molar-refractivity contribution < 1.29 is 8.42 Å². The molecule has 28 heavy (non-hydrogen) atoms. The van der Waals surface area contributed by atoms with Gasteiger partial charge in [-0.2, -0.15) is 0 Å². The number of hydrogen-bond acceptors (Lipinski definition) is 2. The van der Waals surface area contributed by atoms with Crippen LogP contribution in [0, 0.1) is 13.8 Å². The molecule has 4 heteroatoms. The molecule has 2 aromatic rings. The van der Waals surface area contributed by atoms with Crippen LogP contribution in [0.25, 0.3) is 0 Å². The van der Waals surface area contributed by atoms with Crippen LogP contribution in [-0.2, 0) is 15.8 Å². The molecule has 150 valence electrons. The zero-order chi connectivity index (χ0) is 19.9. The summed E-state index contributed by atoms with van der Waals surface area (Å²) in [6, 6.07) is 13.8. The van der Waals surface area contributed by atoms with E-state index in [1.54, 1.807) is 0 Å². The second-order valence-electron chi connectivity index (χ2n) is 8.86. The zero-order valence-corrected chi connectivity index (χ0v) is 18.1. The van der Waals surface area contributed by atoms with Gasteiger partial charge < -0.3 is 0 Å². The minimum absolute atomic E-state index is 0.0663. The first-order chi connectivity index (χ1) is 13.3. The van der Waals surface area contributed by atoms with E-state index >= 15 is 0 Å². The van der Waals surface area contributed by atoms with Crippen molar-refractivity contribution >= 4 is 15.7 Å². The van der Waals surface area contributed by atoms with Crippen LogP contribution in [0.5, 0.6) is 0 Å². The number of benzene rings is 2. The van der Waals surface area contributed by atoms with E-state index in [9.17, 15) is 8.42 Å². The Morgan fingerprint density at radius 2 is 1.61 bits per heavy atom. The molecule has 4 rings (SSSR count). The third-order valence-corrected chi connectivity index (χ3v) is 8.53. The molecule has 0 N–H and O–H groups in total. The fourth-order valence-corrected chi connectivity index (χ4v) is 7.71. The van der Waals surface area contributed by atoms with E-state index in [1.807, 2.05) is 34.6 Å². The van der Waals surface area contributed by atoms with E-state index in [0.29, 0.717) is 5.92 Å². The lowest BCUT2D eigenvalue weighted by Crippen LogP contribution is -2.57. The Balaban J connectivity index is 1.90. The van der Waals surface area contributed by atoms with Gasteiger partial charge in [0.25, 0.3) is 0 Å². The lowest BCUT2D eigenvalue weighted by atomic mass is 9.70. The number of fused-ring (bicyclic) bond motifs is 1. The predicted molar refractivity (Wildman–Crippen MR) is 116 cm³/mol. The van der Waals surface area contributed by atoms with Crippen LogP contribution >= 0.6 is 0 Å². The first-order valence-electron chi connectivity index (χ1n) is 10.5. The van der Waals surface area contributed by atoms with Crippen LogP contribution in [0.1, 0.15) is 73.6 Å². The van der Waals surface area contributed by atoms with E-state index < -0.39 is 10.0 Å². The predicted octanol–water partition coefficient (Wildman–Crippen LogP) is 5.85. The minimum Gasteiger partial charge on any atom is -0.263 e. The van der Waals surface area contributed by atoms with E-state index in [-0.39, 0.29) is 11.3 Å². The van der Waals surface area contributed by atoms with E-state index in [0.717, 1.165) is 48.9 Å². The number of rotatable bonds is 3. The SMILES string of the molecule is Cc1ccc(C)c2c1C(C)CC1(CCCCC1)N2S(=O)(=O)Cc1ccccc1. The molecule has 3 nitrogen and oxygen atoms in total. The van der Waals surface area contributed by atoms with E-state index in [4.69, 9.17) is 0 Å². The van der Waals surface area contributed by atoms with Crippen LogP contribution in [0.2, 0.25) is 0 Å². The smallest absolute Gasteiger partial charge is 0.239 e. The van der Waals surface area contributed by atoms with E-state index in [1.165, 1.54) is 17.5 Å². The molecule has 0 aromatic heterocycles. The average Bonchev–Trinajstić information content (AvgIpc) is 2.65. The van der Waals surface area contributed by atoms with Gasteiger partial charge in [-0.25, -0.2) is 8.42 Å². The summed E-state index contributed by atoms with van der Waals surface area (Å²) in [5.74, 6) is 0.452. The van der Waals surface area contributed by atoms with Gasteiger partial charge in [-0.15, -0.1) is 0 Å². The fraction of sp³-hybridized carbons (Fsp3) is 0.500. The molecule has 1 atom stereocenters. The van der Waals surface area contributed by atoms with Gasteiger partial charge >= 0.3 is 0 Å². The maximum absolute atomic E-state index is 13.9. The van der Waals surface area contributed by atoms with Crippen molar-refractivity contribution in [2.24, 2.45) is 0 Å². The maximum Gasteiger partial charge on any atom is 0.239 e. The quantitative estimate of drug-likeness (QED) is 0.651. The molecule has 2 aliphatic rings. The highest BCUT2D eigenvalue weighted by molar-refractivity contribution is 7.92. The lowest BCUT2D eigenvalue weighted by Gasteiger charge is -2.53. The molecule has 1 heterocycles. The average molecular weight is 398 g/mol. The monoisotopic (exact) mass is 397 g/mol. The summed E-state index contributed by atoms with van der Waals surface area (Å²) in [5.41, 5.74) is 5.08. The molecular weight excluding hydrogens is 366 g/mol. The van der Waals surface area contributed by atoms with Gasteiger partial charge in [0.05, 0.1) is 17.0 Å². The highest BCUT2D eigenvalue weighted by atomic mass is 32.2. The second-order valence-corrected chi connectivity index (χ2v) is 10.7. The first kappa shape index (κ1) is 19.5. The normalized spacial score (nSPS) is 21.5. The van der Waals surface area contributed by atoms with E-state index in [2.05, 4.69) is 32.9 Å². The standard InChI is InChI=1S/C24H31NO2S/c1-18-12-13-19(2)23-22(18)20(3)16-24(14-8-5-9-15-24)25(23)28(26,27)17-21-10-6-4-7-11-21/h4,6-7,10-13,20H,5,8-9,14-17H2,1-3H3. The second kappa shape index (κ2) is 7.22. The molecule has 0 amide bonds. The van der Waals surface area contributed by atoms with Crippen LogP contribution in [0.3, 0.4) is 0 Å². The van der Waals surface area contributed by atoms with Gasteiger partial charge in [0.1, 0.15) is 0 Å². The Labute approximate surface area is 169 Å². The summed E-state index contributed by atoms with van der Waals surface area (Å²) in [7, 11) is -3.49. The third kappa shape index (κ3) is 3.26. The molecule has 1 unspecified atom stereocenters. The van der Waals surface area contributed by atoms with Crippen molar-refractivity contribution in [2.75, 3.05) is 4.31 Å². The maximum atomic E-state index is 13.9. The largest absolute Gasteiger partial charge is 0.263 e. The topological polar surface area (TPSA) is 37.4 Å². The highest BCUT2D eigenvalue weighted by Crippen LogP contribution is 2.53. The summed E-state index contributed by atoms with van der Waals surface area (Å²) in [6.45, 7) is 6.47. The van der Waals surface area contributed by atoms with Crippen molar-refractivity contribution in [3.05, 3.63) is 64.7 Å². The zero-order valence-electron chi connectivity index (χ0n) is 17.2. The fourth-order valence-electron chi connectivity index (χ4n) is 5.60. The van der Waals surface area contributed by atoms with Crippen molar-refractivity contribution in [2.45, 2.75) is 76.5 Å². The lowest BCUT2D eigenvalue weighted by molar-refractivity contribution is 0.257. The van der Waals surface area contributed by atoms with Gasteiger partial charge in [0, 0.05) is 0 Å². The van der Waals surface area contributed by atoms with Gasteiger partial charge in [0.2, 0.25) is 10.0 Å².